The number of nitrogens with two attached hydrogens (primary N) is 1. The molecule has 2 aromatic carbocycles. The van der Waals surface area contributed by atoms with Gasteiger partial charge >= 0.3 is 0 Å². The van der Waals surface area contributed by atoms with E-state index in [1.807, 2.05) is 43.3 Å². The number of aliphatic imine (C=N–C) groups is 1. The predicted octanol–water partition coefficient (Wildman–Crippen LogP) is 2.19. The van der Waals surface area contributed by atoms with E-state index in [0.29, 0.717) is 23.9 Å². The molecule has 154 valence electrons. The summed E-state index contributed by atoms with van der Waals surface area (Å²) >= 11 is 0. The van der Waals surface area contributed by atoms with Crippen LogP contribution in [0.2, 0.25) is 0 Å². The predicted molar refractivity (Wildman–Crippen MR) is 112 cm³/mol. The topological polar surface area (TPSA) is 104 Å². The van der Waals surface area contributed by atoms with Crippen molar-refractivity contribution >= 4 is 5.96 Å². The summed E-state index contributed by atoms with van der Waals surface area (Å²) < 4.78 is 12.3. The highest BCUT2D eigenvalue weighted by atomic mass is 16.5. The fourth-order valence-electron chi connectivity index (χ4n) is 5.16. The van der Waals surface area contributed by atoms with Crippen LogP contribution in [-0.2, 0) is 10.3 Å². The van der Waals surface area contributed by atoms with E-state index in [1.165, 1.54) is 0 Å². The summed E-state index contributed by atoms with van der Waals surface area (Å²) in [6.07, 6.45) is -0.474. The van der Waals surface area contributed by atoms with Gasteiger partial charge in [-0.05, 0) is 42.3 Å². The number of ether oxygens (including phenoxy) is 2. The van der Waals surface area contributed by atoms with Crippen LogP contribution < -0.4 is 10.5 Å². The zero-order valence-corrected chi connectivity index (χ0v) is 16.9. The van der Waals surface area contributed by atoms with Crippen molar-refractivity contribution in [2.75, 3.05) is 13.7 Å². The molecule has 2 unspecified atom stereocenters. The monoisotopic (exact) mass is 404 g/mol. The number of hydrogen-bond donors (Lipinski definition) is 2. The zero-order valence-electron chi connectivity index (χ0n) is 16.9. The third-order valence-electron chi connectivity index (χ3n) is 6.63. The number of nitrogens with zero attached hydrogens (tertiary/aromatic N) is 3. The fourth-order valence-corrected chi connectivity index (χ4v) is 5.16. The van der Waals surface area contributed by atoms with Crippen molar-refractivity contribution in [1.29, 1.82) is 5.26 Å². The van der Waals surface area contributed by atoms with Crippen LogP contribution in [0, 0.1) is 17.2 Å². The van der Waals surface area contributed by atoms with E-state index >= 15 is 0 Å². The molecule has 7 nitrogen and oxygen atoms in total. The summed E-state index contributed by atoms with van der Waals surface area (Å²) in [7, 11) is 1.75. The minimum Gasteiger partial charge on any atom is -0.489 e. The third-order valence-corrected chi connectivity index (χ3v) is 6.63. The molecular formula is C23H24N4O3. The lowest BCUT2D eigenvalue weighted by Crippen LogP contribution is -2.60. The SMILES string of the molecule is C[C@H]1OCC[C@H]2Oc3ccc(-c4cccc(C#N)c4)cc3[C@]3(N=C(N)N(C)C3O)C12. The normalized spacial score (nSPS) is 32.1. The van der Waals surface area contributed by atoms with Gasteiger partial charge in [-0.15, -0.1) is 0 Å². The van der Waals surface area contributed by atoms with Crippen molar-refractivity contribution in [3.63, 3.8) is 0 Å². The number of aliphatic hydroxyl groups excluding tert-OH is 1. The number of nitriles is 1. The molecule has 3 aliphatic heterocycles. The molecule has 3 heterocycles. The van der Waals surface area contributed by atoms with Gasteiger partial charge in [0.15, 0.2) is 12.2 Å². The second kappa shape index (κ2) is 6.73. The standard InChI is InChI=1S/C23H24N4O3/c1-13-20-19(8-9-29-13)30-18-7-6-16(15-5-3-4-14(10-15)12-24)11-17(18)23(20)21(28)27(2)22(25)26-23/h3-7,10-11,13,19-21,28H,8-9H2,1-2H3,(H2,25,26)/t13-,19-,20?,21?,23+/m1/s1. The molecule has 0 aliphatic carbocycles. The number of hydrogen-bond acceptors (Lipinski definition) is 7. The van der Waals surface area contributed by atoms with E-state index in [1.54, 1.807) is 18.0 Å². The maximum absolute atomic E-state index is 11.4. The average molecular weight is 404 g/mol. The van der Waals surface area contributed by atoms with Crippen molar-refractivity contribution < 1.29 is 14.6 Å². The second-order valence-corrected chi connectivity index (χ2v) is 8.23. The van der Waals surface area contributed by atoms with E-state index in [0.717, 1.165) is 23.1 Å². The van der Waals surface area contributed by atoms with E-state index < -0.39 is 11.8 Å². The highest BCUT2D eigenvalue weighted by Gasteiger charge is 2.62. The van der Waals surface area contributed by atoms with E-state index in [9.17, 15) is 10.4 Å². The lowest BCUT2D eigenvalue weighted by molar-refractivity contribution is -0.146. The van der Waals surface area contributed by atoms with Gasteiger partial charge in [-0.2, -0.15) is 5.26 Å². The van der Waals surface area contributed by atoms with Crippen molar-refractivity contribution in [2.24, 2.45) is 16.6 Å². The number of benzene rings is 2. The zero-order chi connectivity index (χ0) is 21.0. The van der Waals surface area contributed by atoms with Crippen molar-refractivity contribution in [3.8, 4) is 22.9 Å². The summed E-state index contributed by atoms with van der Waals surface area (Å²) in [6, 6.07) is 15.5. The molecule has 0 amide bonds. The van der Waals surface area contributed by atoms with Gasteiger partial charge in [0.1, 0.15) is 17.4 Å². The van der Waals surface area contributed by atoms with Crippen LogP contribution in [-0.4, -0.2) is 48.1 Å². The molecule has 1 saturated heterocycles. The Morgan fingerprint density at radius 2 is 2.07 bits per heavy atom. The molecule has 5 rings (SSSR count). The van der Waals surface area contributed by atoms with Gasteiger partial charge in [-0.25, -0.2) is 4.99 Å². The highest BCUT2D eigenvalue weighted by Crippen LogP contribution is 2.54. The Hall–Kier alpha value is -3.08. The maximum atomic E-state index is 11.4. The van der Waals surface area contributed by atoms with Gasteiger partial charge in [0.25, 0.3) is 0 Å². The molecule has 0 radical (unpaired) electrons. The quantitative estimate of drug-likeness (QED) is 0.755. The largest absolute Gasteiger partial charge is 0.489 e. The Kier molecular flexibility index (Phi) is 4.24. The maximum Gasteiger partial charge on any atom is 0.194 e. The van der Waals surface area contributed by atoms with Crippen molar-refractivity contribution in [2.45, 2.75) is 37.3 Å². The average Bonchev–Trinajstić information content (AvgIpc) is 2.98. The summed E-state index contributed by atoms with van der Waals surface area (Å²) in [4.78, 5) is 6.45. The minimum atomic E-state index is -0.986. The van der Waals surface area contributed by atoms with Crippen LogP contribution in [0.4, 0.5) is 0 Å². The van der Waals surface area contributed by atoms with Crippen molar-refractivity contribution in [1.82, 2.24) is 4.90 Å². The first-order chi connectivity index (χ1) is 14.5. The third kappa shape index (κ3) is 2.54. The number of likely N-dealkylation sites (N-methyl/N-ethyl adjacent to an activating group) is 1. The Bertz CT molecular complexity index is 1080. The lowest BCUT2D eigenvalue weighted by atomic mass is 9.68. The molecule has 0 saturated carbocycles. The van der Waals surface area contributed by atoms with Crippen LogP contribution in [0.15, 0.2) is 47.5 Å². The molecule has 0 aromatic heterocycles. The molecule has 3 aliphatic rings. The number of guanidine groups is 1. The van der Waals surface area contributed by atoms with Crippen LogP contribution in [0.25, 0.3) is 11.1 Å². The summed E-state index contributed by atoms with van der Waals surface area (Å²) in [5.74, 6) is 0.818. The molecule has 1 fully saturated rings. The van der Waals surface area contributed by atoms with Crippen LogP contribution in [0.5, 0.6) is 5.75 Å². The summed E-state index contributed by atoms with van der Waals surface area (Å²) in [6.45, 7) is 2.61. The molecule has 7 heteroatoms. The smallest absolute Gasteiger partial charge is 0.194 e. The fraction of sp³-hybridized carbons (Fsp3) is 0.391. The van der Waals surface area contributed by atoms with Crippen LogP contribution >= 0.6 is 0 Å². The van der Waals surface area contributed by atoms with Gasteiger partial charge in [0, 0.05) is 19.0 Å². The second-order valence-electron chi connectivity index (χ2n) is 8.23. The van der Waals surface area contributed by atoms with Gasteiger partial charge in [0.2, 0.25) is 0 Å². The van der Waals surface area contributed by atoms with E-state index in [2.05, 4.69) is 6.07 Å². The van der Waals surface area contributed by atoms with Gasteiger partial charge in [-0.1, -0.05) is 18.2 Å². The van der Waals surface area contributed by atoms with Gasteiger partial charge in [-0.3, -0.25) is 0 Å². The van der Waals surface area contributed by atoms with E-state index in [4.69, 9.17) is 20.2 Å². The van der Waals surface area contributed by atoms with Crippen LogP contribution in [0.1, 0.15) is 24.5 Å². The summed E-state index contributed by atoms with van der Waals surface area (Å²) in [5.41, 5.74) is 8.42. The molecule has 30 heavy (non-hydrogen) atoms. The molecule has 0 bridgehead atoms. The van der Waals surface area contributed by atoms with Crippen LogP contribution in [0.3, 0.4) is 0 Å². The Balaban J connectivity index is 1.72. The molecular weight excluding hydrogens is 380 g/mol. The van der Waals surface area contributed by atoms with Gasteiger partial charge < -0.3 is 25.2 Å². The molecule has 1 spiro atoms. The summed E-state index contributed by atoms with van der Waals surface area (Å²) in [5, 5.41) is 20.6. The minimum absolute atomic E-state index is 0.119. The number of fused-ring (bicyclic) bond motifs is 4. The van der Waals surface area contributed by atoms with Gasteiger partial charge in [0.05, 0.1) is 30.3 Å². The lowest BCUT2D eigenvalue weighted by Gasteiger charge is -2.51. The first-order valence-corrected chi connectivity index (χ1v) is 10.1. The molecule has 5 atom stereocenters. The number of rotatable bonds is 1. The first-order valence-electron chi connectivity index (χ1n) is 10.1. The van der Waals surface area contributed by atoms with Crippen molar-refractivity contribution in [3.05, 3.63) is 53.6 Å². The van der Waals surface area contributed by atoms with E-state index in [-0.39, 0.29) is 18.1 Å². The first kappa shape index (κ1) is 18.9. The molecule has 2 aromatic rings. The Morgan fingerprint density at radius 1 is 1.27 bits per heavy atom. The number of aliphatic hydroxyl groups is 1. The Labute approximate surface area is 175 Å². The highest BCUT2D eigenvalue weighted by molar-refractivity contribution is 5.82. The molecule has 3 N–H and O–H groups in total. The Morgan fingerprint density at radius 3 is 2.80 bits per heavy atom.